The third kappa shape index (κ3) is 3.25. The van der Waals surface area contributed by atoms with Gasteiger partial charge in [0.15, 0.2) is 11.6 Å². The fourth-order valence-electron chi connectivity index (χ4n) is 1.72. The van der Waals surface area contributed by atoms with Gasteiger partial charge in [0.2, 0.25) is 0 Å². The molecule has 0 saturated carbocycles. The van der Waals surface area contributed by atoms with Crippen LogP contribution in [0.3, 0.4) is 0 Å². The van der Waals surface area contributed by atoms with Crippen molar-refractivity contribution in [3.8, 4) is 0 Å². The largest absolute Gasteiger partial charge is 0.367 e. The number of rotatable bonds is 3. The first-order valence-electron chi connectivity index (χ1n) is 5.42. The van der Waals surface area contributed by atoms with Gasteiger partial charge in [0.05, 0.1) is 5.02 Å². The molecular weight excluding hydrogens is 247 g/mol. The van der Waals surface area contributed by atoms with Gasteiger partial charge in [0, 0.05) is 18.0 Å². The Hall–Kier alpha value is -0.480. The first-order chi connectivity index (χ1) is 7.75. The first kappa shape index (κ1) is 12.0. The smallest absolute Gasteiger partial charge is 0.166 e. The summed E-state index contributed by atoms with van der Waals surface area (Å²) in [4.78, 5) is 3.93. The van der Waals surface area contributed by atoms with Gasteiger partial charge in [-0.1, -0.05) is 18.0 Å². The van der Waals surface area contributed by atoms with Crippen LogP contribution >= 0.6 is 23.4 Å². The molecule has 0 amide bonds. The van der Waals surface area contributed by atoms with Gasteiger partial charge in [0.1, 0.15) is 0 Å². The number of thioether (sulfide) groups is 1. The van der Waals surface area contributed by atoms with Crippen LogP contribution < -0.4 is 5.32 Å². The van der Waals surface area contributed by atoms with Gasteiger partial charge < -0.3 is 5.32 Å². The number of hydrogen-bond acceptors (Lipinski definition) is 3. The molecule has 0 aromatic carbocycles. The molecule has 16 heavy (non-hydrogen) atoms. The summed E-state index contributed by atoms with van der Waals surface area (Å²) in [6.45, 7) is 0.774. The van der Waals surface area contributed by atoms with Crippen LogP contribution in [-0.2, 0) is 0 Å². The van der Waals surface area contributed by atoms with Gasteiger partial charge in [-0.15, -0.1) is 0 Å². The number of aromatic nitrogens is 1. The molecule has 2 rings (SSSR count). The van der Waals surface area contributed by atoms with Crippen LogP contribution in [0.1, 0.15) is 19.3 Å². The Morgan fingerprint density at radius 1 is 1.56 bits per heavy atom. The zero-order valence-corrected chi connectivity index (χ0v) is 10.5. The normalized spacial score (nSPS) is 20.8. The highest BCUT2D eigenvalue weighted by Crippen LogP contribution is 2.25. The fourth-order valence-corrected chi connectivity index (χ4v) is 3.11. The van der Waals surface area contributed by atoms with Gasteiger partial charge >= 0.3 is 0 Å². The van der Waals surface area contributed by atoms with Crippen molar-refractivity contribution in [1.29, 1.82) is 0 Å². The summed E-state index contributed by atoms with van der Waals surface area (Å²) in [5.74, 6) is 1.13. The molecular formula is C11H14ClFN2S. The van der Waals surface area contributed by atoms with Gasteiger partial charge in [-0.2, -0.15) is 11.8 Å². The monoisotopic (exact) mass is 260 g/mol. The molecule has 0 aliphatic carbocycles. The third-order valence-corrected chi connectivity index (χ3v) is 4.18. The zero-order chi connectivity index (χ0) is 11.4. The standard InChI is InChI=1S/C11H14ClFN2S/c12-8-5-10(13)11(14-6-8)15-7-9-3-1-2-4-16-9/h5-6,9H,1-4,7H2,(H,14,15). The Labute approximate surface area is 104 Å². The lowest BCUT2D eigenvalue weighted by atomic mass is 10.2. The Bertz CT molecular complexity index is 356. The van der Waals surface area contributed by atoms with E-state index in [-0.39, 0.29) is 5.82 Å². The number of halogens is 2. The maximum Gasteiger partial charge on any atom is 0.166 e. The van der Waals surface area contributed by atoms with E-state index in [0.717, 1.165) is 6.54 Å². The van der Waals surface area contributed by atoms with Crippen molar-refractivity contribution >= 4 is 29.2 Å². The van der Waals surface area contributed by atoms with E-state index in [2.05, 4.69) is 10.3 Å². The molecule has 0 bridgehead atoms. The molecule has 88 valence electrons. The predicted octanol–water partition coefficient (Wildman–Crippen LogP) is 3.57. The highest BCUT2D eigenvalue weighted by Gasteiger charge is 2.14. The molecule has 1 aromatic rings. The molecule has 0 radical (unpaired) electrons. The predicted molar refractivity (Wildman–Crippen MR) is 67.8 cm³/mol. The fraction of sp³-hybridized carbons (Fsp3) is 0.545. The molecule has 5 heteroatoms. The summed E-state index contributed by atoms with van der Waals surface area (Å²) in [5.41, 5.74) is 0. The maximum atomic E-state index is 13.4. The lowest BCUT2D eigenvalue weighted by molar-refractivity contribution is 0.621. The first-order valence-corrected chi connectivity index (χ1v) is 6.85. The second kappa shape index (κ2) is 5.73. The quantitative estimate of drug-likeness (QED) is 0.899. The van der Waals surface area contributed by atoms with Crippen molar-refractivity contribution in [2.45, 2.75) is 24.5 Å². The van der Waals surface area contributed by atoms with E-state index >= 15 is 0 Å². The molecule has 1 atom stereocenters. The Morgan fingerprint density at radius 3 is 3.12 bits per heavy atom. The van der Waals surface area contributed by atoms with Crippen LogP contribution in [0, 0.1) is 5.82 Å². The van der Waals surface area contributed by atoms with Crippen molar-refractivity contribution < 1.29 is 4.39 Å². The van der Waals surface area contributed by atoms with E-state index in [1.807, 2.05) is 11.8 Å². The van der Waals surface area contributed by atoms with E-state index in [9.17, 15) is 4.39 Å². The number of nitrogens with zero attached hydrogens (tertiary/aromatic N) is 1. The highest BCUT2D eigenvalue weighted by atomic mass is 35.5. The lowest BCUT2D eigenvalue weighted by Gasteiger charge is -2.21. The minimum absolute atomic E-state index is 0.301. The van der Waals surface area contributed by atoms with E-state index in [4.69, 9.17) is 11.6 Å². The van der Waals surface area contributed by atoms with Gasteiger partial charge in [0.25, 0.3) is 0 Å². The Balaban J connectivity index is 1.88. The number of anilines is 1. The molecule has 1 unspecified atom stereocenters. The molecule has 1 saturated heterocycles. The van der Waals surface area contributed by atoms with Crippen LogP contribution in [-0.4, -0.2) is 22.5 Å². The minimum Gasteiger partial charge on any atom is -0.367 e. The minimum atomic E-state index is -0.381. The summed E-state index contributed by atoms with van der Waals surface area (Å²) in [7, 11) is 0. The van der Waals surface area contributed by atoms with Gasteiger partial charge in [-0.05, 0) is 24.7 Å². The average molecular weight is 261 g/mol. The number of hydrogen-bond donors (Lipinski definition) is 1. The van der Waals surface area contributed by atoms with E-state index in [0.29, 0.717) is 16.1 Å². The maximum absolute atomic E-state index is 13.4. The molecule has 1 fully saturated rings. The summed E-state index contributed by atoms with van der Waals surface area (Å²) < 4.78 is 13.4. The second-order valence-corrected chi connectivity index (χ2v) is 5.70. The van der Waals surface area contributed by atoms with Crippen LogP contribution in [0.25, 0.3) is 0 Å². The third-order valence-electron chi connectivity index (χ3n) is 2.58. The second-order valence-electron chi connectivity index (χ2n) is 3.85. The van der Waals surface area contributed by atoms with Crippen molar-refractivity contribution in [2.24, 2.45) is 0 Å². The topological polar surface area (TPSA) is 24.9 Å². The van der Waals surface area contributed by atoms with Crippen molar-refractivity contribution in [1.82, 2.24) is 4.98 Å². The SMILES string of the molecule is Fc1cc(Cl)cnc1NCC1CCCCS1. The van der Waals surface area contributed by atoms with E-state index in [1.54, 1.807) is 0 Å². The molecule has 1 aliphatic rings. The summed E-state index contributed by atoms with van der Waals surface area (Å²) in [6, 6.07) is 1.28. The lowest BCUT2D eigenvalue weighted by Crippen LogP contribution is -2.20. The summed E-state index contributed by atoms with van der Waals surface area (Å²) in [6.07, 6.45) is 5.23. The van der Waals surface area contributed by atoms with Crippen molar-refractivity contribution in [3.05, 3.63) is 23.1 Å². The number of nitrogens with one attached hydrogen (secondary N) is 1. The zero-order valence-electron chi connectivity index (χ0n) is 8.88. The van der Waals surface area contributed by atoms with Crippen LogP contribution in [0.5, 0.6) is 0 Å². The van der Waals surface area contributed by atoms with Gasteiger partial charge in [-0.3, -0.25) is 0 Å². The van der Waals surface area contributed by atoms with Crippen LogP contribution in [0.15, 0.2) is 12.3 Å². The van der Waals surface area contributed by atoms with E-state index < -0.39 is 0 Å². The Kier molecular flexibility index (Phi) is 4.29. The molecule has 1 aliphatic heterocycles. The van der Waals surface area contributed by atoms with Crippen LogP contribution in [0.2, 0.25) is 5.02 Å². The van der Waals surface area contributed by atoms with Crippen LogP contribution in [0.4, 0.5) is 10.2 Å². The van der Waals surface area contributed by atoms with E-state index in [1.165, 1.54) is 37.3 Å². The molecule has 0 spiro atoms. The summed E-state index contributed by atoms with van der Waals surface area (Å²) in [5, 5.41) is 3.95. The summed E-state index contributed by atoms with van der Waals surface area (Å²) >= 11 is 7.58. The highest BCUT2D eigenvalue weighted by molar-refractivity contribution is 7.99. The Morgan fingerprint density at radius 2 is 2.44 bits per heavy atom. The number of pyridine rings is 1. The molecule has 1 N–H and O–H groups in total. The molecule has 2 heterocycles. The van der Waals surface area contributed by atoms with Crippen molar-refractivity contribution in [3.63, 3.8) is 0 Å². The molecule has 1 aromatic heterocycles. The average Bonchev–Trinajstić information content (AvgIpc) is 2.29. The van der Waals surface area contributed by atoms with Gasteiger partial charge in [-0.25, -0.2) is 9.37 Å². The molecule has 2 nitrogen and oxygen atoms in total. The van der Waals surface area contributed by atoms with Crippen molar-refractivity contribution in [2.75, 3.05) is 17.6 Å².